The molecule has 0 bridgehead atoms. The number of sulfonamides is 1. The van der Waals surface area contributed by atoms with Gasteiger partial charge < -0.3 is 10.2 Å². The quantitative estimate of drug-likeness (QED) is 0.537. The van der Waals surface area contributed by atoms with Crippen molar-refractivity contribution in [2.75, 3.05) is 40.9 Å². The lowest BCUT2D eigenvalue weighted by Crippen LogP contribution is -2.37. The number of carbonyl (C=O) groups excluding carboxylic acids is 1. The summed E-state index contributed by atoms with van der Waals surface area (Å²) in [5.41, 5.74) is 4.51. The molecule has 4 rings (SSSR count). The molecule has 1 aliphatic rings. The minimum atomic E-state index is -3.28. The van der Waals surface area contributed by atoms with E-state index in [9.17, 15) is 13.2 Å². The Balaban J connectivity index is 1.51. The van der Waals surface area contributed by atoms with E-state index in [1.54, 1.807) is 36.4 Å². The number of amides is 1. The smallest absolute Gasteiger partial charge is 0.255 e. The van der Waals surface area contributed by atoms with Crippen LogP contribution in [0.25, 0.3) is 11.1 Å². The van der Waals surface area contributed by atoms with E-state index in [1.165, 1.54) is 4.31 Å². The van der Waals surface area contributed by atoms with Gasteiger partial charge in [0.15, 0.2) is 0 Å². The van der Waals surface area contributed by atoms with Crippen LogP contribution < -0.4 is 14.5 Å². The zero-order valence-electron chi connectivity index (χ0n) is 18.6. The third-order valence-electron chi connectivity index (χ3n) is 5.69. The number of rotatable bonds is 5. The minimum Gasteiger partial charge on any atom is -0.378 e. The van der Waals surface area contributed by atoms with Gasteiger partial charge in [0.05, 0.1) is 11.4 Å². The highest BCUT2D eigenvalue weighted by Gasteiger charge is 2.26. The molecule has 0 saturated carbocycles. The fourth-order valence-corrected chi connectivity index (χ4v) is 5.69. The first-order valence-corrected chi connectivity index (χ1v) is 12.7. The maximum Gasteiger partial charge on any atom is 0.255 e. The Kier molecular flexibility index (Phi) is 6.63. The molecule has 1 saturated heterocycles. The van der Waals surface area contributed by atoms with Gasteiger partial charge in [-0.3, -0.25) is 9.10 Å². The fraction of sp³-hybridized carbons (Fsp3) is 0.240. The van der Waals surface area contributed by atoms with Crippen molar-refractivity contribution in [3.63, 3.8) is 0 Å². The van der Waals surface area contributed by atoms with Crippen LogP contribution in [0, 0.1) is 0 Å². The van der Waals surface area contributed by atoms with Gasteiger partial charge in [-0.25, -0.2) is 8.42 Å². The second-order valence-corrected chi connectivity index (χ2v) is 10.7. The van der Waals surface area contributed by atoms with E-state index >= 15 is 0 Å². The molecule has 1 amide bonds. The molecule has 0 atom stereocenters. The van der Waals surface area contributed by atoms with Crippen LogP contribution in [-0.4, -0.2) is 40.7 Å². The summed E-state index contributed by atoms with van der Waals surface area (Å²) in [6, 6.07) is 20.0. The molecule has 0 aliphatic carbocycles. The zero-order valence-corrected chi connectivity index (χ0v) is 20.2. The third kappa shape index (κ3) is 5.15. The Hall–Kier alpha value is -3.03. The first kappa shape index (κ1) is 23.1. The highest BCUT2D eigenvalue weighted by molar-refractivity contribution is 7.92. The normalized spacial score (nSPS) is 15.2. The van der Waals surface area contributed by atoms with Crippen LogP contribution in [0.4, 0.5) is 17.1 Å². The Morgan fingerprint density at radius 2 is 1.67 bits per heavy atom. The molecule has 1 N–H and O–H groups in total. The molecular weight excluding hydrogens is 458 g/mol. The third-order valence-corrected chi connectivity index (χ3v) is 7.88. The zero-order chi connectivity index (χ0) is 23.6. The van der Waals surface area contributed by atoms with Crippen LogP contribution in [0.2, 0.25) is 5.02 Å². The van der Waals surface area contributed by atoms with Crippen molar-refractivity contribution in [3.05, 3.63) is 77.3 Å². The maximum atomic E-state index is 12.8. The van der Waals surface area contributed by atoms with Gasteiger partial charge in [0, 0.05) is 48.2 Å². The Bertz CT molecular complexity index is 1260. The molecule has 172 valence electrons. The highest BCUT2D eigenvalue weighted by Crippen LogP contribution is 2.32. The Morgan fingerprint density at radius 1 is 0.970 bits per heavy atom. The van der Waals surface area contributed by atoms with E-state index in [0.29, 0.717) is 34.9 Å². The van der Waals surface area contributed by atoms with Gasteiger partial charge >= 0.3 is 0 Å². The van der Waals surface area contributed by atoms with Gasteiger partial charge in [0.1, 0.15) is 0 Å². The van der Waals surface area contributed by atoms with Crippen molar-refractivity contribution in [2.45, 2.75) is 12.8 Å². The highest BCUT2D eigenvalue weighted by atomic mass is 35.5. The van der Waals surface area contributed by atoms with E-state index in [1.807, 2.05) is 49.3 Å². The predicted octanol–water partition coefficient (Wildman–Crippen LogP) is 5.26. The standard InChI is InChI=1S/C25H26ClN3O3S/c1-28(2)21-10-5-18(6-11-21)23-17-20(9-14-24(23)26)27-25(30)19-7-12-22(13-8-19)29-15-3-4-16-33(29,31)32/h5-14,17H,3-4,15-16H2,1-2H3,(H,27,30). The predicted molar refractivity (Wildman–Crippen MR) is 136 cm³/mol. The van der Waals surface area contributed by atoms with Crippen LogP contribution in [0.3, 0.4) is 0 Å². The number of hydrogen-bond donors (Lipinski definition) is 1. The molecular formula is C25H26ClN3O3S. The second-order valence-electron chi connectivity index (χ2n) is 8.23. The minimum absolute atomic E-state index is 0.159. The number of hydrogen-bond acceptors (Lipinski definition) is 4. The lowest BCUT2D eigenvalue weighted by atomic mass is 10.0. The molecule has 3 aromatic carbocycles. The number of nitrogens with zero attached hydrogens (tertiary/aromatic N) is 2. The lowest BCUT2D eigenvalue weighted by Gasteiger charge is -2.28. The summed E-state index contributed by atoms with van der Waals surface area (Å²) in [5, 5.41) is 3.50. The average Bonchev–Trinajstić information content (AvgIpc) is 2.80. The molecule has 6 nitrogen and oxygen atoms in total. The van der Waals surface area contributed by atoms with E-state index in [2.05, 4.69) is 5.32 Å². The SMILES string of the molecule is CN(C)c1ccc(-c2cc(NC(=O)c3ccc(N4CCCCS4(=O)=O)cc3)ccc2Cl)cc1. The summed E-state index contributed by atoms with van der Waals surface area (Å²) in [6.45, 7) is 0.469. The van der Waals surface area contributed by atoms with Gasteiger partial charge in [0.25, 0.3) is 5.91 Å². The molecule has 33 heavy (non-hydrogen) atoms. The average molecular weight is 484 g/mol. The van der Waals surface area contributed by atoms with Crippen molar-refractivity contribution in [2.24, 2.45) is 0 Å². The Labute approximate surface area is 199 Å². The molecule has 1 aliphatic heterocycles. The molecule has 0 unspecified atom stereocenters. The van der Waals surface area contributed by atoms with Crippen LogP contribution in [0.5, 0.6) is 0 Å². The maximum absolute atomic E-state index is 12.8. The lowest BCUT2D eigenvalue weighted by molar-refractivity contribution is 0.102. The van der Waals surface area contributed by atoms with Crippen LogP contribution in [-0.2, 0) is 10.0 Å². The van der Waals surface area contributed by atoms with Crippen LogP contribution in [0.1, 0.15) is 23.2 Å². The molecule has 1 heterocycles. The van der Waals surface area contributed by atoms with Crippen molar-refractivity contribution >= 4 is 44.6 Å². The van der Waals surface area contributed by atoms with E-state index in [-0.39, 0.29) is 11.7 Å². The molecule has 0 spiro atoms. The summed E-state index contributed by atoms with van der Waals surface area (Å²) in [5.74, 6) is -0.120. The van der Waals surface area contributed by atoms with Gasteiger partial charge in [-0.1, -0.05) is 23.7 Å². The van der Waals surface area contributed by atoms with E-state index < -0.39 is 10.0 Å². The number of benzene rings is 3. The van der Waals surface area contributed by atoms with Gasteiger partial charge in [0.2, 0.25) is 10.0 Å². The fourth-order valence-electron chi connectivity index (χ4n) is 3.82. The van der Waals surface area contributed by atoms with Crippen molar-refractivity contribution in [3.8, 4) is 11.1 Å². The molecule has 1 fully saturated rings. The van der Waals surface area contributed by atoms with Gasteiger partial charge in [-0.2, -0.15) is 0 Å². The molecule has 8 heteroatoms. The second kappa shape index (κ2) is 9.45. The molecule has 0 radical (unpaired) electrons. The summed E-state index contributed by atoms with van der Waals surface area (Å²) in [6.07, 6.45) is 1.51. The summed E-state index contributed by atoms with van der Waals surface area (Å²) < 4.78 is 26.0. The van der Waals surface area contributed by atoms with Crippen molar-refractivity contribution < 1.29 is 13.2 Å². The van der Waals surface area contributed by atoms with Crippen molar-refractivity contribution in [1.82, 2.24) is 0 Å². The summed E-state index contributed by atoms with van der Waals surface area (Å²) in [7, 11) is 0.681. The Morgan fingerprint density at radius 3 is 2.30 bits per heavy atom. The molecule has 3 aromatic rings. The molecule has 0 aromatic heterocycles. The van der Waals surface area contributed by atoms with Gasteiger partial charge in [-0.15, -0.1) is 0 Å². The number of halogens is 1. The number of nitrogens with one attached hydrogen (secondary N) is 1. The first-order valence-electron chi connectivity index (χ1n) is 10.7. The number of anilines is 3. The van der Waals surface area contributed by atoms with Gasteiger partial charge in [-0.05, 0) is 73.0 Å². The van der Waals surface area contributed by atoms with E-state index in [4.69, 9.17) is 11.6 Å². The monoisotopic (exact) mass is 483 g/mol. The first-order chi connectivity index (χ1) is 15.7. The largest absolute Gasteiger partial charge is 0.378 e. The number of carbonyl (C=O) groups is 1. The summed E-state index contributed by atoms with van der Waals surface area (Å²) in [4.78, 5) is 14.8. The van der Waals surface area contributed by atoms with Crippen molar-refractivity contribution in [1.29, 1.82) is 0 Å². The van der Waals surface area contributed by atoms with E-state index in [0.717, 1.165) is 23.2 Å². The summed E-state index contributed by atoms with van der Waals surface area (Å²) >= 11 is 6.42. The van der Waals surface area contributed by atoms with Crippen LogP contribution in [0.15, 0.2) is 66.7 Å². The topological polar surface area (TPSA) is 69.7 Å². The van der Waals surface area contributed by atoms with Crippen LogP contribution >= 0.6 is 11.6 Å².